The predicted octanol–water partition coefficient (Wildman–Crippen LogP) is 1.97. The minimum atomic E-state index is -1.03. The number of hydrogen-bond acceptors (Lipinski definition) is 6. The van der Waals surface area contributed by atoms with Crippen molar-refractivity contribution in [1.29, 1.82) is 0 Å². The summed E-state index contributed by atoms with van der Waals surface area (Å²) in [7, 11) is 0. The van der Waals surface area contributed by atoms with Gasteiger partial charge in [0.1, 0.15) is 6.10 Å². The molecule has 1 fully saturated rings. The highest BCUT2D eigenvalue weighted by atomic mass is 16.5. The molecular formula is C21H40O6. The maximum Gasteiger partial charge on any atom is 0.311 e. The Labute approximate surface area is 163 Å². The molecule has 0 aliphatic carbocycles. The molecule has 6 heteroatoms. The Hall–Kier alpha value is -0.690. The van der Waals surface area contributed by atoms with Crippen LogP contribution in [0.1, 0.15) is 61.3 Å². The van der Waals surface area contributed by atoms with E-state index in [4.69, 9.17) is 4.74 Å². The fourth-order valence-electron chi connectivity index (χ4n) is 4.42. The van der Waals surface area contributed by atoms with Crippen LogP contribution >= 0.6 is 0 Å². The van der Waals surface area contributed by atoms with Gasteiger partial charge in [0.25, 0.3) is 0 Å². The average Bonchev–Trinajstić information content (AvgIpc) is 2.66. The maximum atomic E-state index is 12.6. The van der Waals surface area contributed by atoms with Crippen LogP contribution in [0.4, 0.5) is 0 Å². The molecule has 1 aliphatic rings. The molecule has 6 nitrogen and oxygen atoms in total. The second-order valence-corrected chi connectivity index (χ2v) is 8.90. The Balaban J connectivity index is 3.21. The Kier molecular flexibility index (Phi) is 9.19. The number of aliphatic hydroxyl groups excluding tert-OH is 4. The standard InChI is InChI=1S/C21H40O6/c1-8-16-12(4)19(24)13(5)17(22)10(2)9-11(3)18(23)14(6)20(25)15(7)21(26)27-16/h10-20,22-25H,8-9H2,1-7H3/t10-,11+,12+,13+,14-,15-,16-,17+,18+,19+,20+/m1/s1. The van der Waals surface area contributed by atoms with Gasteiger partial charge in [0.15, 0.2) is 0 Å². The van der Waals surface area contributed by atoms with Crippen LogP contribution in [0.5, 0.6) is 0 Å². The molecule has 0 unspecified atom stereocenters. The van der Waals surface area contributed by atoms with Crippen LogP contribution in [0.3, 0.4) is 0 Å². The monoisotopic (exact) mass is 388 g/mol. The van der Waals surface area contributed by atoms with Gasteiger partial charge in [-0.25, -0.2) is 0 Å². The summed E-state index contributed by atoms with van der Waals surface area (Å²) in [5.41, 5.74) is 0. The van der Waals surface area contributed by atoms with Crippen molar-refractivity contribution in [2.45, 2.75) is 91.8 Å². The van der Waals surface area contributed by atoms with E-state index in [2.05, 4.69) is 0 Å². The van der Waals surface area contributed by atoms with Gasteiger partial charge in [0.2, 0.25) is 0 Å². The Morgan fingerprint density at radius 2 is 1.22 bits per heavy atom. The Bertz CT molecular complexity index is 470. The second kappa shape index (κ2) is 10.2. The van der Waals surface area contributed by atoms with Crippen LogP contribution in [0.2, 0.25) is 0 Å². The van der Waals surface area contributed by atoms with Crippen molar-refractivity contribution >= 4 is 5.97 Å². The lowest BCUT2D eigenvalue weighted by Crippen LogP contribution is -2.46. The molecule has 0 aromatic rings. The molecule has 0 amide bonds. The Morgan fingerprint density at radius 1 is 0.778 bits per heavy atom. The van der Waals surface area contributed by atoms with Crippen LogP contribution in [0.25, 0.3) is 0 Å². The summed E-state index contributed by atoms with van der Waals surface area (Å²) < 4.78 is 5.61. The lowest BCUT2D eigenvalue weighted by molar-refractivity contribution is -0.167. The van der Waals surface area contributed by atoms with Gasteiger partial charge >= 0.3 is 5.97 Å². The van der Waals surface area contributed by atoms with Gasteiger partial charge < -0.3 is 25.2 Å². The highest BCUT2D eigenvalue weighted by molar-refractivity contribution is 5.73. The lowest BCUT2D eigenvalue weighted by atomic mass is 9.76. The van der Waals surface area contributed by atoms with Crippen molar-refractivity contribution in [3.8, 4) is 0 Å². The molecular weight excluding hydrogens is 348 g/mol. The highest BCUT2D eigenvalue weighted by Gasteiger charge is 2.40. The number of carbonyl (C=O) groups excluding carboxylic acids is 1. The molecule has 11 atom stereocenters. The van der Waals surface area contributed by atoms with Crippen molar-refractivity contribution in [3.05, 3.63) is 0 Å². The predicted molar refractivity (Wildman–Crippen MR) is 104 cm³/mol. The summed E-state index contributed by atoms with van der Waals surface area (Å²) in [6.07, 6.45) is -2.84. The molecule has 0 aromatic carbocycles. The van der Waals surface area contributed by atoms with Crippen LogP contribution in [0, 0.1) is 35.5 Å². The topological polar surface area (TPSA) is 107 Å². The third-order valence-electron chi connectivity index (χ3n) is 6.74. The average molecular weight is 389 g/mol. The van der Waals surface area contributed by atoms with Gasteiger partial charge in [-0.2, -0.15) is 0 Å². The first-order valence-corrected chi connectivity index (χ1v) is 10.4. The molecule has 0 radical (unpaired) electrons. The number of carbonyl (C=O) groups is 1. The van der Waals surface area contributed by atoms with Crippen LogP contribution in [-0.2, 0) is 9.53 Å². The van der Waals surface area contributed by atoms with E-state index in [0.29, 0.717) is 12.8 Å². The highest BCUT2D eigenvalue weighted by Crippen LogP contribution is 2.32. The zero-order valence-electron chi connectivity index (χ0n) is 17.9. The molecule has 160 valence electrons. The van der Waals surface area contributed by atoms with Gasteiger partial charge in [0, 0.05) is 17.8 Å². The van der Waals surface area contributed by atoms with Crippen molar-refractivity contribution in [1.82, 2.24) is 0 Å². The molecule has 0 spiro atoms. The van der Waals surface area contributed by atoms with E-state index < -0.39 is 54.2 Å². The summed E-state index contributed by atoms with van der Waals surface area (Å²) in [5.74, 6) is -2.84. The third-order valence-corrected chi connectivity index (χ3v) is 6.74. The zero-order valence-corrected chi connectivity index (χ0v) is 17.9. The Morgan fingerprint density at radius 3 is 1.67 bits per heavy atom. The summed E-state index contributed by atoms with van der Waals surface area (Å²) in [6.45, 7) is 12.6. The van der Waals surface area contributed by atoms with Crippen molar-refractivity contribution in [2.75, 3.05) is 0 Å². The van der Waals surface area contributed by atoms with Crippen molar-refractivity contribution < 1.29 is 30.0 Å². The van der Waals surface area contributed by atoms with Crippen LogP contribution < -0.4 is 0 Å². The number of ether oxygens (including phenoxy) is 1. The quantitative estimate of drug-likeness (QED) is 0.512. The van der Waals surface area contributed by atoms with Gasteiger partial charge in [-0.3, -0.25) is 4.79 Å². The third kappa shape index (κ3) is 5.66. The molecule has 1 aliphatic heterocycles. The van der Waals surface area contributed by atoms with Crippen molar-refractivity contribution in [3.63, 3.8) is 0 Å². The fourth-order valence-corrected chi connectivity index (χ4v) is 4.42. The second-order valence-electron chi connectivity index (χ2n) is 8.90. The van der Waals surface area contributed by atoms with Gasteiger partial charge in [-0.1, -0.05) is 41.5 Å². The van der Waals surface area contributed by atoms with E-state index in [1.165, 1.54) is 0 Å². The van der Waals surface area contributed by atoms with E-state index in [1.807, 2.05) is 27.7 Å². The molecule has 1 saturated heterocycles. The van der Waals surface area contributed by atoms with Gasteiger partial charge in [-0.15, -0.1) is 0 Å². The van der Waals surface area contributed by atoms with Crippen molar-refractivity contribution in [2.24, 2.45) is 35.5 Å². The van der Waals surface area contributed by atoms with E-state index in [9.17, 15) is 25.2 Å². The van der Waals surface area contributed by atoms with E-state index in [-0.39, 0.29) is 17.8 Å². The van der Waals surface area contributed by atoms with Gasteiger partial charge in [0.05, 0.1) is 30.3 Å². The number of rotatable bonds is 1. The SMILES string of the molecule is CC[C@H]1OC(=O)[C@H](C)[C@@H](O)[C@H](C)[C@@H](O)[C@@H](C)C[C@@H](C)[C@H](O)[C@H](C)[C@@H](O)[C@H]1C. The first kappa shape index (κ1) is 24.3. The fraction of sp³-hybridized carbons (Fsp3) is 0.952. The molecule has 4 N–H and O–H groups in total. The van der Waals surface area contributed by atoms with E-state index in [0.717, 1.165) is 0 Å². The summed E-state index contributed by atoms with van der Waals surface area (Å²) >= 11 is 0. The molecule has 0 aromatic heterocycles. The zero-order chi connectivity index (χ0) is 21.0. The minimum Gasteiger partial charge on any atom is -0.462 e. The first-order chi connectivity index (χ1) is 12.4. The summed E-state index contributed by atoms with van der Waals surface area (Å²) in [5, 5.41) is 42.7. The molecule has 27 heavy (non-hydrogen) atoms. The molecule has 0 saturated carbocycles. The summed E-state index contributed by atoms with van der Waals surface area (Å²) in [6, 6.07) is 0. The number of aliphatic hydroxyl groups is 4. The number of esters is 1. The first-order valence-electron chi connectivity index (χ1n) is 10.4. The van der Waals surface area contributed by atoms with Crippen LogP contribution in [-0.4, -0.2) is 56.9 Å². The maximum absolute atomic E-state index is 12.6. The minimum absolute atomic E-state index is 0.126. The summed E-state index contributed by atoms with van der Waals surface area (Å²) in [4.78, 5) is 12.6. The molecule has 1 rings (SSSR count). The normalized spacial score (nSPS) is 48.6. The van der Waals surface area contributed by atoms with E-state index in [1.54, 1.807) is 20.8 Å². The number of cyclic esters (lactones) is 1. The van der Waals surface area contributed by atoms with Gasteiger partial charge in [-0.05, 0) is 31.6 Å². The van der Waals surface area contributed by atoms with E-state index >= 15 is 0 Å². The largest absolute Gasteiger partial charge is 0.462 e. The number of hydrogen-bond donors (Lipinski definition) is 4. The molecule has 1 heterocycles. The lowest BCUT2D eigenvalue weighted by Gasteiger charge is -2.38. The smallest absolute Gasteiger partial charge is 0.311 e. The van der Waals surface area contributed by atoms with Crippen LogP contribution in [0.15, 0.2) is 0 Å². The molecule has 0 bridgehead atoms.